The maximum Gasteiger partial charge on any atom is 0.220 e. The van der Waals surface area contributed by atoms with Gasteiger partial charge in [-0.15, -0.1) is 0 Å². The van der Waals surface area contributed by atoms with Crippen LogP contribution in [0.4, 0.5) is 0 Å². The molecule has 1 aromatic carbocycles. The molecule has 0 saturated carbocycles. The van der Waals surface area contributed by atoms with Gasteiger partial charge in [-0.2, -0.15) is 0 Å². The van der Waals surface area contributed by atoms with E-state index in [0.29, 0.717) is 38.8 Å². The van der Waals surface area contributed by atoms with Crippen molar-refractivity contribution in [3.05, 3.63) is 60.1 Å². The average Bonchev–Trinajstić information content (AvgIpc) is 2.80. The Bertz CT molecular complexity index is 700. The number of allylic oxidation sites excluding steroid dienone is 2. The highest BCUT2D eigenvalue weighted by Gasteiger charge is 2.13. The number of rotatable bonds is 10. The van der Waals surface area contributed by atoms with Crippen LogP contribution in [0.2, 0.25) is 0 Å². The number of aryl methyl sites for hydroxylation is 2. The lowest BCUT2D eigenvalue weighted by Gasteiger charge is -2.19. The number of carbonyl (C=O) groups excluding carboxylic acids is 2. The molecule has 2 atom stereocenters. The number of benzene rings is 1. The van der Waals surface area contributed by atoms with Gasteiger partial charge >= 0.3 is 0 Å². The van der Waals surface area contributed by atoms with Crippen molar-refractivity contribution in [3.8, 4) is 0 Å². The molecule has 0 radical (unpaired) electrons. The van der Waals surface area contributed by atoms with Crippen molar-refractivity contribution in [1.29, 1.82) is 0 Å². The van der Waals surface area contributed by atoms with E-state index in [1.807, 2.05) is 30.4 Å². The first-order chi connectivity index (χ1) is 14.7. The Balaban J connectivity index is 1.33. The second-order valence-corrected chi connectivity index (χ2v) is 7.84. The van der Waals surface area contributed by atoms with Gasteiger partial charge in [0.1, 0.15) is 12.2 Å². The van der Waals surface area contributed by atoms with Gasteiger partial charge in [-0.3, -0.25) is 9.59 Å². The second-order valence-electron chi connectivity index (χ2n) is 7.84. The summed E-state index contributed by atoms with van der Waals surface area (Å²) in [6.07, 6.45) is 13.7. The van der Waals surface area contributed by atoms with Gasteiger partial charge < -0.3 is 20.1 Å². The highest BCUT2D eigenvalue weighted by atomic mass is 16.5. The lowest BCUT2D eigenvalue weighted by atomic mass is 10.0. The average molecular weight is 413 g/mol. The van der Waals surface area contributed by atoms with Crippen molar-refractivity contribution in [3.63, 3.8) is 0 Å². The molecular weight excluding hydrogens is 380 g/mol. The zero-order valence-electron chi connectivity index (χ0n) is 17.5. The van der Waals surface area contributed by atoms with Gasteiger partial charge in [-0.1, -0.05) is 24.3 Å². The highest BCUT2D eigenvalue weighted by Crippen LogP contribution is 2.12. The third-order valence-electron chi connectivity index (χ3n) is 5.37. The van der Waals surface area contributed by atoms with Crippen LogP contribution in [-0.2, 0) is 31.9 Å². The fourth-order valence-electron chi connectivity index (χ4n) is 3.56. The molecule has 6 heteroatoms. The van der Waals surface area contributed by atoms with E-state index in [9.17, 15) is 9.59 Å². The smallest absolute Gasteiger partial charge is 0.220 e. The highest BCUT2D eigenvalue weighted by molar-refractivity contribution is 5.76. The van der Waals surface area contributed by atoms with E-state index in [2.05, 4.69) is 16.7 Å². The molecule has 0 fully saturated rings. The molecule has 2 unspecified atom stereocenters. The summed E-state index contributed by atoms with van der Waals surface area (Å²) >= 11 is 0. The predicted octanol–water partition coefficient (Wildman–Crippen LogP) is 3.17. The zero-order chi connectivity index (χ0) is 21.0. The summed E-state index contributed by atoms with van der Waals surface area (Å²) in [5.41, 5.74) is 2.23. The zero-order valence-corrected chi connectivity index (χ0v) is 17.5. The summed E-state index contributed by atoms with van der Waals surface area (Å²) in [4.78, 5) is 24.2. The Morgan fingerprint density at radius 2 is 1.33 bits per heavy atom. The molecule has 1 aromatic rings. The van der Waals surface area contributed by atoms with E-state index in [0.717, 1.165) is 36.8 Å². The molecule has 0 spiro atoms. The molecule has 0 aromatic heterocycles. The van der Waals surface area contributed by atoms with Gasteiger partial charge in [0.2, 0.25) is 11.8 Å². The van der Waals surface area contributed by atoms with Crippen molar-refractivity contribution in [2.45, 2.75) is 63.6 Å². The molecule has 6 nitrogen and oxygen atoms in total. The van der Waals surface area contributed by atoms with Crippen LogP contribution in [0.3, 0.4) is 0 Å². The SMILES string of the molecule is O=C(CCc1cccc(CCC(=O)NCC2CCC=CO2)c1)NCC1CCC=CO1. The maximum absolute atomic E-state index is 12.1. The molecule has 2 amide bonds. The molecule has 3 rings (SSSR count). The Morgan fingerprint density at radius 1 is 0.833 bits per heavy atom. The van der Waals surface area contributed by atoms with Crippen LogP contribution < -0.4 is 10.6 Å². The topological polar surface area (TPSA) is 76.7 Å². The molecule has 2 aliphatic heterocycles. The van der Waals surface area contributed by atoms with E-state index < -0.39 is 0 Å². The van der Waals surface area contributed by atoms with Crippen LogP contribution in [0.15, 0.2) is 48.9 Å². The Labute approximate surface area is 178 Å². The lowest BCUT2D eigenvalue weighted by molar-refractivity contribution is -0.122. The maximum atomic E-state index is 12.1. The van der Waals surface area contributed by atoms with Crippen LogP contribution in [0.5, 0.6) is 0 Å². The van der Waals surface area contributed by atoms with Crippen LogP contribution >= 0.6 is 0 Å². The molecule has 2 heterocycles. The minimum Gasteiger partial charge on any atom is -0.497 e. The molecule has 0 saturated heterocycles. The van der Waals surface area contributed by atoms with Crippen LogP contribution in [-0.4, -0.2) is 37.1 Å². The van der Waals surface area contributed by atoms with Gasteiger partial charge in [0.05, 0.1) is 25.6 Å². The standard InChI is InChI=1S/C24H32N2O4/c27-23(25-17-21-8-1-3-14-29-21)12-10-19-6-5-7-20(16-19)11-13-24(28)26-18-22-9-2-4-15-30-22/h3-7,14-16,21-22H,1-2,8-13,17-18H2,(H,25,27)(H,26,28). The van der Waals surface area contributed by atoms with Crippen molar-refractivity contribution in [2.75, 3.05) is 13.1 Å². The second kappa shape index (κ2) is 12.1. The van der Waals surface area contributed by atoms with Crippen molar-refractivity contribution in [2.24, 2.45) is 0 Å². The van der Waals surface area contributed by atoms with E-state index in [4.69, 9.17) is 9.47 Å². The monoisotopic (exact) mass is 412 g/mol. The number of hydrogen-bond donors (Lipinski definition) is 2. The third kappa shape index (κ3) is 7.93. The minimum atomic E-state index is 0.0395. The summed E-state index contributed by atoms with van der Waals surface area (Å²) < 4.78 is 10.9. The number of nitrogens with one attached hydrogen (secondary N) is 2. The first kappa shape index (κ1) is 21.9. The fourth-order valence-corrected chi connectivity index (χ4v) is 3.56. The summed E-state index contributed by atoms with van der Waals surface area (Å²) in [5.74, 6) is 0.0791. The van der Waals surface area contributed by atoms with E-state index in [1.165, 1.54) is 0 Å². The van der Waals surface area contributed by atoms with Gasteiger partial charge in [0, 0.05) is 12.8 Å². The molecule has 2 aliphatic rings. The van der Waals surface area contributed by atoms with E-state index in [-0.39, 0.29) is 24.0 Å². The van der Waals surface area contributed by atoms with Crippen LogP contribution in [0.25, 0.3) is 0 Å². The Hall–Kier alpha value is -2.76. The summed E-state index contributed by atoms with van der Waals surface area (Å²) in [6, 6.07) is 8.13. The molecule has 2 N–H and O–H groups in total. The molecule has 162 valence electrons. The summed E-state index contributed by atoms with van der Waals surface area (Å²) in [7, 11) is 0. The summed E-state index contributed by atoms with van der Waals surface area (Å²) in [5, 5.41) is 5.91. The molecule has 30 heavy (non-hydrogen) atoms. The number of ether oxygens (including phenoxy) is 2. The van der Waals surface area contributed by atoms with Gasteiger partial charge in [0.25, 0.3) is 0 Å². The lowest BCUT2D eigenvalue weighted by Crippen LogP contribution is -2.33. The predicted molar refractivity (Wildman–Crippen MR) is 116 cm³/mol. The molecule has 0 bridgehead atoms. The van der Waals surface area contributed by atoms with Gasteiger partial charge in [-0.25, -0.2) is 0 Å². The molecular formula is C24H32N2O4. The Kier molecular flexibility index (Phi) is 8.81. The van der Waals surface area contributed by atoms with E-state index >= 15 is 0 Å². The first-order valence-electron chi connectivity index (χ1n) is 10.9. The molecule has 0 aliphatic carbocycles. The normalized spacial score (nSPS) is 20.1. The third-order valence-corrected chi connectivity index (χ3v) is 5.37. The Morgan fingerprint density at radius 3 is 1.77 bits per heavy atom. The quantitative estimate of drug-likeness (QED) is 0.619. The summed E-state index contributed by atoms with van der Waals surface area (Å²) in [6.45, 7) is 1.11. The fraction of sp³-hybridized carbons (Fsp3) is 0.500. The van der Waals surface area contributed by atoms with Gasteiger partial charge in [-0.05, 0) is 61.8 Å². The first-order valence-corrected chi connectivity index (χ1v) is 10.9. The minimum absolute atomic E-state index is 0.0395. The van der Waals surface area contributed by atoms with Crippen molar-refractivity contribution in [1.82, 2.24) is 10.6 Å². The van der Waals surface area contributed by atoms with Crippen molar-refractivity contribution < 1.29 is 19.1 Å². The number of amides is 2. The van der Waals surface area contributed by atoms with Crippen LogP contribution in [0.1, 0.15) is 49.7 Å². The van der Waals surface area contributed by atoms with Crippen LogP contribution in [0, 0.1) is 0 Å². The number of carbonyl (C=O) groups is 2. The largest absolute Gasteiger partial charge is 0.497 e. The number of hydrogen-bond acceptors (Lipinski definition) is 4. The van der Waals surface area contributed by atoms with E-state index in [1.54, 1.807) is 12.5 Å². The van der Waals surface area contributed by atoms with Gasteiger partial charge in [0.15, 0.2) is 0 Å². The van der Waals surface area contributed by atoms with Crippen molar-refractivity contribution >= 4 is 11.8 Å².